The van der Waals surface area contributed by atoms with Gasteiger partial charge in [0.25, 0.3) is 0 Å². The third-order valence-electron chi connectivity index (χ3n) is 5.81. The van der Waals surface area contributed by atoms with Gasteiger partial charge in [0.15, 0.2) is 0 Å². The van der Waals surface area contributed by atoms with Crippen molar-refractivity contribution in [1.29, 1.82) is 0 Å². The van der Waals surface area contributed by atoms with Crippen molar-refractivity contribution in [2.75, 3.05) is 11.3 Å². The molecule has 2 N–H and O–H groups in total. The first kappa shape index (κ1) is 24.0. The maximum atomic E-state index is 13.9. The van der Waals surface area contributed by atoms with Crippen LogP contribution in [0.4, 0.5) is 23.2 Å². The number of hydrogen-bond donors (Lipinski definition) is 2. The van der Waals surface area contributed by atoms with Crippen LogP contribution < -0.4 is 9.46 Å². The van der Waals surface area contributed by atoms with E-state index in [9.17, 15) is 31.1 Å². The number of sulfonamides is 1. The summed E-state index contributed by atoms with van der Waals surface area (Å²) >= 11 is 0. The molecule has 34 heavy (non-hydrogen) atoms. The molecule has 0 saturated heterocycles. The van der Waals surface area contributed by atoms with E-state index in [-0.39, 0.29) is 35.3 Å². The lowest BCUT2D eigenvalue weighted by molar-refractivity contribution is -0.0429. The summed E-state index contributed by atoms with van der Waals surface area (Å²) in [5.41, 5.74) is -4.65. The van der Waals surface area contributed by atoms with Gasteiger partial charge in [0.2, 0.25) is 0 Å². The molecule has 1 aliphatic rings. The van der Waals surface area contributed by atoms with Crippen molar-refractivity contribution in [3.05, 3.63) is 77.9 Å². The number of ether oxygens (including phenoxy) is 1. The standard InChI is InChI=1S/C23H20F4N2O4S/c1-13(19-4-2-3-9-28-19)18-12-33-21-10-14(5-7-16(21)22(18)30)17-11-15(24)6-8-20(17)29-34(31,32)23(25,26)27/h2-11,13,18,22,29-30H,12H2,1H3. The van der Waals surface area contributed by atoms with E-state index in [1.165, 1.54) is 22.9 Å². The van der Waals surface area contributed by atoms with Crippen LogP contribution in [-0.4, -0.2) is 30.6 Å². The molecule has 4 rings (SSSR count). The Hall–Kier alpha value is -3.18. The van der Waals surface area contributed by atoms with Gasteiger partial charge in [-0.15, -0.1) is 0 Å². The van der Waals surface area contributed by atoms with Crippen molar-refractivity contribution in [3.63, 3.8) is 0 Å². The van der Waals surface area contributed by atoms with Crippen molar-refractivity contribution in [2.24, 2.45) is 5.92 Å². The van der Waals surface area contributed by atoms with E-state index in [4.69, 9.17) is 4.74 Å². The number of anilines is 1. The summed E-state index contributed by atoms with van der Waals surface area (Å²) < 4.78 is 83.0. The fourth-order valence-electron chi connectivity index (χ4n) is 3.91. The number of pyridine rings is 1. The minimum absolute atomic E-state index is 0.113. The van der Waals surface area contributed by atoms with Gasteiger partial charge >= 0.3 is 15.5 Å². The van der Waals surface area contributed by atoms with E-state index >= 15 is 0 Å². The fourth-order valence-corrected chi connectivity index (χ4v) is 4.49. The van der Waals surface area contributed by atoms with Crippen LogP contribution in [0.2, 0.25) is 0 Å². The number of nitrogens with one attached hydrogen (secondary N) is 1. The molecule has 3 aromatic rings. The van der Waals surface area contributed by atoms with Crippen LogP contribution in [-0.2, 0) is 10.0 Å². The second-order valence-corrected chi connectivity index (χ2v) is 9.63. The van der Waals surface area contributed by atoms with Crippen molar-refractivity contribution >= 4 is 15.7 Å². The van der Waals surface area contributed by atoms with E-state index in [0.717, 1.165) is 23.9 Å². The molecular formula is C23H20F4N2O4S. The first-order valence-electron chi connectivity index (χ1n) is 10.2. The van der Waals surface area contributed by atoms with Gasteiger partial charge in [0, 0.05) is 34.9 Å². The summed E-state index contributed by atoms with van der Waals surface area (Å²) in [6.07, 6.45) is 0.747. The Labute approximate surface area is 193 Å². The highest BCUT2D eigenvalue weighted by Gasteiger charge is 2.46. The largest absolute Gasteiger partial charge is 0.516 e. The zero-order chi connectivity index (χ0) is 24.7. The van der Waals surface area contributed by atoms with Gasteiger partial charge < -0.3 is 9.84 Å². The number of halogens is 4. The van der Waals surface area contributed by atoms with Crippen LogP contribution in [0.1, 0.15) is 30.2 Å². The molecule has 3 unspecified atom stereocenters. The van der Waals surface area contributed by atoms with Crippen molar-refractivity contribution in [2.45, 2.75) is 24.5 Å². The van der Waals surface area contributed by atoms with Gasteiger partial charge in [-0.2, -0.15) is 21.6 Å². The summed E-state index contributed by atoms with van der Waals surface area (Å²) in [7, 11) is -5.71. The average Bonchev–Trinajstić information content (AvgIpc) is 2.79. The normalized spacial score (nSPS) is 19.1. The number of alkyl halides is 3. The molecule has 2 aromatic carbocycles. The number of rotatable bonds is 5. The maximum absolute atomic E-state index is 13.9. The molecule has 2 heterocycles. The molecule has 1 aromatic heterocycles. The summed E-state index contributed by atoms with van der Waals surface area (Å²) in [5.74, 6) is -0.941. The van der Waals surface area contributed by atoms with Crippen LogP contribution in [0.3, 0.4) is 0 Å². The minimum atomic E-state index is -5.71. The number of benzene rings is 2. The molecule has 1 aliphatic heterocycles. The predicted octanol–water partition coefficient (Wildman–Crippen LogP) is 4.99. The molecule has 3 atom stereocenters. The average molecular weight is 496 g/mol. The first-order valence-corrected chi connectivity index (χ1v) is 11.7. The number of hydrogen-bond acceptors (Lipinski definition) is 5. The van der Waals surface area contributed by atoms with Crippen molar-refractivity contribution < 1.29 is 35.8 Å². The Morgan fingerprint density at radius 1 is 1.15 bits per heavy atom. The third kappa shape index (κ3) is 4.58. The van der Waals surface area contributed by atoms with Crippen molar-refractivity contribution in [1.82, 2.24) is 4.98 Å². The van der Waals surface area contributed by atoms with Crippen LogP contribution in [0.25, 0.3) is 11.1 Å². The maximum Gasteiger partial charge on any atom is 0.516 e. The SMILES string of the molecule is CC(c1ccccn1)C1COc2cc(-c3cc(F)ccc3NS(=O)(=O)C(F)(F)F)ccc2C1O. The topological polar surface area (TPSA) is 88.5 Å². The molecule has 0 amide bonds. The summed E-state index contributed by atoms with van der Waals surface area (Å²) in [4.78, 5) is 4.32. The summed E-state index contributed by atoms with van der Waals surface area (Å²) in [6.45, 7) is 2.07. The highest BCUT2D eigenvalue weighted by molar-refractivity contribution is 7.93. The molecule has 0 saturated carbocycles. The Kier molecular flexibility index (Phi) is 6.26. The number of aliphatic hydroxyl groups excluding tert-OH is 1. The number of aliphatic hydroxyl groups is 1. The first-order chi connectivity index (χ1) is 16.0. The van der Waals surface area contributed by atoms with E-state index in [1.54, 1.807) is 12.3 Å². The Bertz CT molecular complexity index is 1300. The number of aromatic nitrogens is 1. The second-order valence-electron chi connectivity index (χ2n) is 7.96. The van der Waals surface area contributed by atoms with Crippen LogP contribution >= 0.6 is 0 Å². The van der Waals surface area contributed by atoms with Gasteiger partial charge in [-0.25, -0.2) is 4.39 Å². The number of nitrogens with zero attached hydrogens (tertiary/aromatic N) is 1. The summed E-state index contributed by atoms with van der Waals surface area (Å²) in [5, 5.41) is 11.0. The molecule has 0 bridgehead atoms. The highest BCUT2D eigenvalue weighted by Crippen LogP contribution is 2.44. The van der Waals surface area contributed by atoms with Crippen LogP contribution in [0.5, 0.6) is 5.75 Å². The van der Waals surface area contributed by atoms with Gasteiger partial charge in [-0.1, -0.05) is 25.1 Å². The van der Waals surface area contributed by atoms with E-state index in [2.05, 4.69) is 4.98 Å². The molecular weight excluding hydrogens is 476 g/mol. The Morgan fingerprint density at radius 2 is 1.91 bits per heavy atom. The Balaban J connectivity index is 1.67. The van der Waals surface area contributed by atoms with Gasteiger partial charge in [-0.3, -0.25) is 9.71 Å². The van der Waals surface area contributed by atoms with Crippen LogP contribution in [0, 0.1) is 11.7 Å². The molecule has 0 fully saturated rings. The zero-order valence-corrected chi connectivity index (χ0v) is 18.6. The molecule has 0 radical (unpaired) electrons. The molecule has 11 heteroatoms. The smallest absolute Gasteiger partial charge is 0.493 e. The molecule has 0 aliphatic carbocycles. The molecule has 180 valence electrons. The zero-order valence-electron chi connectivity index (χ0n) is 17.8. The third-order valence-corrected chi connectivity index (χ3v) is 6.91. The number of fused-ring (bicyclic) bond motifs is 1. The minimum Gasteiger partial charge on any atom is -0.493 e. The lowest BCUT2D eigenvalue weighted by Gasteiger charge is -2.34. The fraction of sp³-hybridized carbons (Fsp3) is 0.261. The second kappa shape index (κ2) is 8.88. The Morgan fingerprint density at radius 3 is 2.59 bits per heavy atom. The lowest BCUT2D eigenvalue weighted by Crippen LogP contribution is -2.30. The van der Waals surface area contributed by atoms with Gasteiger partial charge in [0.05, 0.1) is 18.4 Å². The highest BCUT2D eigenvalue weighted by atomic mass is 32.2. The van der Waals surface area contributed by atoms with Crippen LogP contribution in [0.15, 0.2) is 60.8 Å². The van der Waals surface area contributed by atoms with E-state index in [1.807, 2.05) is 19.1 Å². The van der Waals surface area contributed by atoms with Gasteiger partial charge in [-0.05, 0) is 42.0 Å². The van der Waals surface area contributed by atoms with E-state index in [0.29, 0.717) is 5.56 Å². The lowest BCUT2D eigenvalue weighted by atomic mass is 9.82. The van der Waals surface area contributed by atoms with Gasteiger partial charge in [0.1, 0.15) is 11.6 Å². The monoisotopic (exact) mass is 496 g/mol. The summed E-state index contributed by atoms with van der Waals surface area (Å²) in [6, 6.07) is 12.6. The van der Waals surface area contributed by atoms with Crippen molar-refractivity contribution in [3.8, 4) is 16.9 Å². The molecule has 0 spiro atoms. The molecule has 6 nitrogen and oxygen atoms in total. The quantitative estimate of drug-likeness (QED) is 0.486. The van der Waals surface area contributed by atoms with E-state index < -0.39 is 33.1 Å². The predicted molar refractivity (Wildman–Crippen MR) is 117 cm³/mol.